The van der Waals surface area contributed by atoms with Crippen molar-refractivity contribution in [1.29, 1.82) is 0 Å². The first-order valence-electron chi connectivity index (χ1n) is 6.08. The van der Waals surface area contributed by atoms with Gasteiger partial charge in [0.25, 0.3) is 5.91 Å². The van der Waals surface area contributed by atoms with Crippen molar-refractivity contribution in [2.75, 3.05) is 13.2 Å². The van der Waals surface area contributed by atoms with Crippen LogP contribution in [0.3, 0.4) is 0 Å². The van der Waals surface area contributed by atoms with Crippen molar-refractivity contribution in [2.24, 2.45) is 5.41 Å². The number of carbonyl (C=O) groups excluding carboxylic acids is 1. The first-order valence-corrected chi connectivity index (χ1v) is 6.46. The molecule has 1 aromatic heterocycles. The van der Waals surface area contributed by atoms with Crippen LogP contribution in [0.5, 0.6) is 0 Å². The first kappa shape index (κ1) is 14.9. The molecule has 2 N–H and O–H groups in total. The fraction of sp³-hybridized carbons (Fsp3) is 0.538. The van der Waals surface area contributed by atoms with E-state index in [4.69, 9.17) is 11.6 Å². The van der Waals surface area contributed by atoms with Crippen LogP contribution in [-0.2, 0) is 0 Å². The third kappa shape index (κ3) is 3.68. The molecule has 18 heavy (non-hydrogen) atoms. The predicted molar refractivity (Wildman–Crippen MR) is 71.7 cm³/mol. The topological polar surface area (TPSA) is 62.2 Å². The molecule has 0 saturated carbocycles. The summed E-state index contributed by atoms with van der Waals surface area (Å²) in [6.45, 7) is 4.50. The van der Waals surface area contributed by atoms with Crippen LogP contribution >= 0.6 is 11.6 Å². The third-order valence-corrected chi connectivity index (χ3v) is 3.62. The number of nitrogens with one attached hydrogen (secondary N) is 1. The van der Waals surface area contributed by atoms with Gasteiger partial charge in [-0.3, -0.25) is 4.79 Å². The van der Waals surface area contributed by atoms with Gasteiger partial charge in [-0.25, -0.2) is 4.98 Å². The molecule has 0 aliphatic carbocycles. The molecule has 0 spiro atoms. The Hall–Kier alpha value is -1.13. The number of rotatable bonds is 6. The summed E-state index contributed by atoms with van der Waals surface area (Å²) in [6, 6.07) is 4.91. The van der Waals surface area contributed by atoms with Gasteiger partial charge in [0, 0.05) is 12.0 Å². The maximum absolute atomic E-state index is 11.9. The van der Waals surface area contributed by atoms with Crippen molar-refractivity contribution in [1.82, 2.24) is 10.3 Å². The Bertz CT molecular complexity index is 397. The van der Waals surface area contributed by atoms with E-state index in [0.717, 1.165) is 12.8 Å². The van der Waals surface area contributed by atoms with Gasteiger partial charge < -0.3 is 10.4 Å². The van der Waals surface area contributed by atoms with Gasteiger partial charge in [0.05, 0.1) is 6.61 Å². The zero-order valence-corrected chi connectivity index (χ0v) is 11.5. The lowest BCUT2D eigenvalue weighted by Gasteiger charge is -2.29. The van der Waals surface area contributed by atoms with Crippen LogP contribution < -0.4 is 5.32 Å². The Balaban J connectivity index is 2.66. The van der Waals surface area contributed by atoms with Crippen LogP contribution in [0.25, 0.3) is 0 Å². The quantitative estimate of drug-likeness (QED) is 0.780. The molecule has 0 fully saturated rings. The number of halogens is 1. The second kappa shape index (κ2) is 6.71. The van der Waals surface area contributed by atoms with Gasteiger partial charge in [-0.1, -0.05) is 31.5 Å². The van der Waals surface area contributed by atoms with Crippen molar-refractivity contribution in [3.05, 3.63) is 29.0 Å². The maximum atomic E-state index is 11.9. The summed E-state index contributed by atoms with van der Waals surface area (Å²) in [5.41, 5.74) is 0.0374. The summed E-state index contributed by atoms with van der Waals surface area (Å²) in [6.07, 6.45) is 1.62. The average Bonchev–Trinajstić information content (AvgIpc) is 2.40. The molecule has 0 radical (unpaired) electrons. The molecule has 0 unspecified atom stereocenters. The molecule has 0 saturated heterocycles. The average molecular weight is 271 g/mol. The third-order valence-electron chi connectivity index (χ3n) is 3.41. The number of aliphatic hydroxyl groups is 1. The van der Waals surface area contributed by atoms with Crippen LogP contribution in [-0.4, -0.2) is 29.1 Å². The number of carbonyl (C=O) groups is 1. The van der Waals surface area contributed by atoms with Gasteiger partial charge in [-0.15, -0.1) is 0 Å². The Morgan fingerprint density at radius 3 is 2.61 bits per heavy atom. The number of aromatic nitrogens is 1. The van der Waals surface area contributed by atoms with Crippen molar-refractivity contribution in [3.63, 3.8) is 0 Å². The minimum Gasteiger partial charge on any atom is -0.396 e. The zero-order chi connectivity index (χ0) is 13.6. The summed E-state index contributed by atoms with van der Waals surface area (Å²) in [7, 11) is 0. The lowest BCUT2D eigenvalue weighted by atomic mass is 9.83. The normalized spacial score (nSPS) is 11.3. The molecule has 0 aromatic carbocycles. The minimum absolute atomic E-state index is 0.0588. The highest BCUT2D eigenvalue weighted by atomic mass is 35.5. The van der Waals surface area contributed by atoms with Crippen molar-refractivity contribution in [2.45, 2.75) is 26.7 Å². The van der Waals surface area contributed by atoms with E-state index >= 15 is 0 Å². The lowest BCUT2D eigenvalue weighted by molar-refractivity contribution is 0.0847. The summed E-state index contributed by atoms with van der Waals surface area (Å²) in [5.74, 6) is -0.266. The van der Waals surface area contributed by atoms with Gasteiger partial charge in [0.15, 0.2) is 0 Å². The molecule has 1 aromatic rings. The van der Waals surface area contributed by atoms with Crippen LogP contribution in [0.15, 0.2) is 18.2 Å². The van der Waals surface area contributed by atoms with Crippen molar-refractivity contribution >= 4 is 17.5 Å². The highest BCUT2D eigenvalue weighted by molar-refractivity contribution is 6.29. The number of amides is 1. The standard InChI is InChI=1S/C13H19ClN2O2/c1-3-13(4-2,9-17)8-15-12(18)10-6-5-7-11(14)16-10/h5-7,17H,3-4,8-9H2,1-2H3,(H,15,18). The number of hydrogen-bond donors (Lipinski definition) is 2. The van der Waals surface area contributed by atoms with E-state index in [1.54, 1.807) is 18.2 Å². The first-order chi connectivity index (χ1) is 8.56. The fourth-order valence-corrected chi connectivity index (χ4v) is 1.84. The van der Waals surface area contributed by atoms with E-state index in [9.17, 15) is 9.90 Å². The fourth-order valence-electron chi connectivity index (χ4n) is 1.67. The van der Waals surface area contributed by atoms with E-state index in [2.05, 4.69) is 10.3 Å². The number of pyridine rings is 1. The second-order valence-electron chi connectivity index (χ2n) is 4.39. The smallest absolute Gasteiger partial charge is 0.269 e. The van der Waals surface area contributed by atoms with Gasteiger partial charge in [-0.05, 0) is 25.0 Å². The second-order valence-corrected chi connectivity index (χ2v) is 4.78. The monoisotopic (exact) mass is 270 g/mol. The van der Waals surface area contributed by atoms with Crippen LogP contribution in [0.2, 0.25) is 5.15 Å². The Morgan fingerprint density at radius 2 is 2.11 bits per heavy atom. The number of aliphatic hydroxyl groups excluding tert-OH is 1. The summed E-state index contributed by atoms with van der Waals surface area (Å²) >= 11 is 5.73. The van der Waals surface area contributed by atoms with Gasteiger partial charge >= 0.3 is 0 Å². The molecule has 100 valence electrons. The SMILES string of the molecule is CCC(CC)(CO)CNC(=O)c1cccc(Cl)n1. The number of nitrogens with zero attached hydrogens (tertiary/aromatic N) is 1. The molecule has 0 atom stereocenters. The Labute approximate surface area is 112 Å². The van der Waals surface area contributed by atoms with Crippen LogP contribution in [0.4, 0.5) is 0 Å². The summed E-state index contributed by atoms with van der Waals surface area (Å²) in [5, 5.41) is 12.5. The molecular weight excluding hydrogens is 252 g/mol. The zero-order valence-electron chi connectivity index (χ0n) is 10.7. The maximum Gasteiger partial charge on any atom is 0.269 e. The largest absolute Gasteiger partial charge is 0.396 e. The molecule has 0 aliphatic rings. The minimum atomic E-state index is -0.266. The summed E-state index contributed by atoms with van der Waals surface area (Å²) in [4.78, 5) is 15.8. The Kier molecular flexibility index (Phi) is 5.56. The molecule has 1 heterocycles. The Morgan fingerprint density at radius 1 is 1.44 bits per heavy atom. The van der Waals surface area contributed by atoms with Crippen molar-refractivity contribution < 1.29 is 9.90 Å². The van der Waals surface area contributed by atoms with Crippen molar-refractivity contribution in [3.8, 4) is 0 Å². The van der Waals surface area contributed by atoms with Gasteiger partial charge in [0.1, 0.15) is 10.8 Å². The molecule has 4 nitrogen and oxygen atoms in total. The molecule has 1 rings (SSSR count). The summed E-state index contributed by atoms with van der Waals surface area (Å²) < 4.78 is 0. The van der Waals surface area contributed by atoms with Crippen LogP contribution in [0.1, 0.15) is 37.2 Å². The van der Waals surface area contributed by atoms with E-state index < -0.39 is 0 Å². The molecular formula is C13H19ClN2O2. The van der Waals surface area contributed by atoms with Crippen LogP contribution in [0, 0.1) is 5.41 Å². The number of hydrogen-bond acceptors (Lipinski definition) is 3. The lowest BCUT2D eigenvalue weighted by Crippen LogP contribution is -2.39. The molecule has 0 aliphatic heterocycles. The van der Waals surface area contributed by atoms with E-state index in [1.165, 1.54) is 0 Å². The van der Waals surface area contributed by atoms with Gasteiger partial charge in [-0.2, -0.15) is 0 Å². The highest BCUT2D eigenvalue weighted by Gasteiger charge is 2.26. The van der Waals surface area contributed by atoms with E-state index in [1.807, 2.05) is 13.8 Å². The molecule has 0 bridgehead atoms. The van der Waals surface area contributed by atoms with E-state index in [0.29, 0.717) is 17.4 Å². The van der Waals surface area contributed by atoms with E-state index in [-0.39, 0.29) is 17.9 Å². The van der Waals surface area contributed by atoms with Gasteiger partial charge in [0.2, 0.25) is 0 Å². The molecule has 5 heteroatoms. The molecule has 1 amide bonds. The predicted octanol–water partition coefficient (Wildman–Crippen LogP) is 2.26. The highest BCUT2D eigenvalue weighted by Crippen LogP contribution is 2.24.